The highest BCUT2D eigenvalue weighted by Crippen LogP contribution is 2.21. The zero-order valence-electron chi connectivity index (χ0n) is 13.2. The van der Waals surface area contributed by atoms with E-state index in [9.17, 15) is 0 Å². The highest BCUT2D eigenvalue weighted by molar-refractivity contribution is 5.23. The maximum atomic E-state index is 3.38. The molecular formula is C18H30N2. The molecule has 1 aliphatic heterocycles. The highest BCUT2D eigenvalue weighted by atomic mass is 15.2. The second-order valence-electron chi connectivity index (χ2n) is 5.95. The van der Waals surface area contributed by atoms with E-state index < -0.39 is 0 Å². The summed E-state index contributed by atoms with van der Waals surface area (Å²) in [5.74, 6) is 0. The Morgan fingerprint density at radius 1 is 1.10 bits per heavy atom. The van der Waals surface area contributed by atoms with E-state index in [1.165, 1.54) is 43.4 Å². The molecule has 20 heavy (non-hydrogen) atoms. The van der Waals surface area contributed by atoms with Crippen LogP contribution in [0.2, 0.25) is 0 Å². The lowest BCUT2D eigenvalue weighted by Crippen LogP contribution is -2.38. The van der Waals surface area contributed by atoms with Crippen molar-refractivity contribution in [3.05, 3.63) is 35.4 Å². The number of piperidine rings is 1. The Morgan fingerprint density at radius 2 is 1.85 bits per heavy atom. The van der Waals surface area contributed by atoms with Gasteiger partial charge in [0, 0.05) is 12.6 Å². The molecule has 0 spiro atoms. The summed E-state index contributed by atoms with van der Waals surface area (Å²) >= 11 is 0. The minimum absolute atomic E-state index is 0.803. The normalized spacial score (nSPS) is 20.2. The minimum Gasteiger partial charge on any atom is -0.317 e. The number of benzene rings is 1. The molecule has 1 aromatic carbocycles. The molecule has 2 rings (SSSR count). The van der Waals surface area contributed by atoms with Crippen LogP contribution < -0.4 is 5.32 Å². The van der Waals surface area contributed by atoms with Crippen molar-refractivity contribution in [3.63, 3.8) is 0 Å². The number of hydrogen-bond donors (Lipinski definition) is 1. The van der Waals surface area contributed by atoms with Gasteiger partial charge in [-0.15, -0.1) is 0 Å². The standard InChI is InChI=1S/C18H30N2/c1-3-18-7-5-6-14-20(18)15-17-10-8-16(9-11-17)12-13-19-4-2/h8-11,18-19H,3-7,12-15H2,1-2H3. The predicted octanol–water partition coefficient (Wildman–Crippen LogP) is 3.60. The molecule has 0 saturated carbocycles. The van der Waals surface area contributed by atoms with Crippen molar-refractivity contribution >= 4 is 0 Å². The molecule has 1 heterocycles. The number of likely N-dealkylation sites (N-methyl/N-ethyl adjacent to an activating group) is 1. The van der Waals surface area contributed by atoms with E-state index in [2.05, 4.69) is 48.3 Å². The molecule has 112 valence electrons. The molecule has 2 heteroatoms. The van der Waals surface area contributed by atoms with E-state index >= 15 is 0 Å². The van der Waals surface area contributed by atoms with E-state index in [-0.39, 0.29) is 0 Å². The summed E-state index contributed by atoms with van der Waals surface area (Å²) in [6.45, 7) is 9.04. The van der Waals surface area contributed by atoms with Gasteiger partial charge in [0.1, 0.15) is 0 Å². The van der Waals surface area contributed by atoms with Gasteiger partial charge >= 0.3 is 0 Å². The quantitative estimate of drug-likeness (QED) is 0.764. The molecule has 1 saturated heterocycles. The molecule has 0 bridgehead atoms. The monoisotopic (exact) mass is 274 g/mol. The molecule has 0 amide bonds. The molecule has 0 radical (unpaired) electrons. The molecule has 1 aromatic rings. The third-order valence-corrected chi connectivity index (χ3v) is 4.47. The number of likely N-dealkylation sites (tertiary alicyclic amines) is 1. The second-order valence-corrected chi connectivity index (χ2v) is 5.95. The van der Waals surface area contributed by atoms with Crippen LogP contribution in [-0.4, -0.2) is 30.6 Å². The van der Waals surface area contributed by atoms with Crippen LogP contribution in [0.15, 0.2) is 24.3 Å². The lowest BCUT2D eigenvalue weighted by atomic mass is 9.99. The summed E-state index contributed by atoms with van der Waals surface area (Å²) < 4.78 is 0. The molecular weight excluding hydrogens is 244 g/mol. The molecule has 2 nitrogen and oxygen atoms in total. The minimum atomic E-state index is 0.803. The Morgan fingerprint density at radius 3 is 2.55 bits per heavy atom. The van der Waals surface area contributed by atoms with Crippen molar-refractivity contribution in [2.75, 3.05) is 19.6 Å². The number of rotatable bonds is 7. The van der Waals surface area contributed by atoms with Gasteiger partial charge in [0.15, 0.2) is 0 Å². The summed E-state index contributed by atoms with van der Waals surface area (Å²) in [5.41, 5.74) is 2.91. The van der Waals surface area contributed by atoms with Gasteiger partial charge in [-0.2, -0.15) is 0 Å². The summed E-state index contributed by atoms with van der Waals surface area (Å²) in [7, 11) is 0. The van der Waals surface area contributed by atoms with Crippen molar-refractivity contribution in [3.8, 4) is 0 Å². The van der Waals surface area contributed by atoms with Crippen LogP contribution in [-0.2, 0) is 13.0 Å². The van der Waals surface area contributed by atoms with Crippen LogP contribution in [0.4, 0.5) is 0 Å². The van der Waals surface area contributed by atoms with Crippen LogP contribution in [0, 0.1) is 0 Å². The predicted molar refractivity (Wildman–Crippen MR) is 87.0 cm³/mol. The fourth-order valence-corrected chi connectivity index (χ4v) is 3.19. The van der Waals surface area contributed by atoms with Crippen LogP contribution in [0.5, 0.6) is 0 Å². The van der Waals surface area contributed by atoms with Gasteiger partial charge in [0.05, 0.1) is 0 Å². The zero-order chi connectivity index (χ0) is 14.2. The Labute approximate surface area is 124 Å². The maximum absolute atomic E-state index is 3.38. The van der Waals surface area contributed by atoms with Gasteiger partial charge in [0.25, 0.3) is 0 Å². The van der Waals surface area contributed by atoms with Crippen molar-refractivity contribution < 1.29 is 0 Å². The fourth-order valence-electron chi connectivity index (χ4n) is 3.19. The first-order chi connectivity index (χ1) is 9.83. The lowest BCUT2D eigenvalue weighted by Gasteiger charge is -2.35. The average Bonchev–Trinajstić information content (AvgIpc) is 2.50. The molecule has 1 N–H and O–H groups in total. The molecule has 0 aromatic heterocycles. The van der Waals surface area contributed by atoms with Gasteiger partial charge in [0.2, 0.25) is 0 Å². The first-order valence-corrected chi connectivity index (χ1v) is 8.36. The van der Waals surface area contributed by atoms with Gasteiger partial charge in [-0.1, -0.05) is 44.5 Å². The second kappa shape index (κ2) is 8.43. The van der Waals surface area contributed by atoms with Crippen molar-refractivity contribution in [2.24, 2.45) is 0 Å². The topological polar surface area (TPSA) is 15.3 Å². The maximum Gasteiger partial charge on any atom is 0.0236 e. The molecule has 1 unspecified atom stereocenters. The molecule has 1 fully saturated rings. The summed E-state index contributed by atoms with van der Waals surface area (Å²) in [6, 6.07) is 10.1. The smallest absolute Gasteiger partial charge is 0.0236 e. The van der Waals surface area contributed by atoms with Gasteiger partial charge in [-0.05, 0) is 56.4 Å². The average molecular weight is 274 g/mol. The molecule has 1 atom stereocenters. The van der Waals surface area contributed by atoms with Crippen LogP contribution >= 0.6 is 0 Å². The zero-order valence-corrected chi connectivity index (χ0v) is 13.2. The number of nitrogens with zero attached hydrogens (tertiary/aromatic N) is 1. The Bertz CT molecular complexity index is 372. The fraction of sp³-hybridized carbons (Fsp3) is 0.667. The third kappa shape index (κ3) is 4.60. The molecule has 1 aliphatic rings. The first kappa shape index (κ1) is 15.5. The van der Waals surface area contributed by atoms with Crippen LogP contribution in [0.25, 0.3) is 0 Å². The first-order valence-electron chi connectivity index (χ1n) is 8.36. The van der Waals surface area contributed by atoms with E-state index in [0.717, 1.165) is 32.1 Å². The van der Waals surface area contributed by atoms with E-state index in [1.807, 2.05) is 0 Å². The van der Waals surface area contributed by atoms with Gasteiger partial charge in [-0.25, -0.2) is 0 Å². The van der Waals surface area contributed by atoms with Crippen molar-refractivity contribution in [1.29, 1.82) is 0 Å². The summed E-state index contributed by atoms with van der Waals surface area (Å²) in [5, 5.41) is 3.38. The summed E-state index contributed by atoms with van der Waals surface area (Å²) in [6.07, 6.45) is 6.60. The van der Waals surface area contributed by atoms with Crippen LogP contribution in [0.1, 0.15) is 50.7 Å². The third-order valence-electron chi connectivity index (χ3n) is 4.47. The number of hydrogen-bond acceptors (Lipinski definition) is 2. The van der Waals surface area contributed by atoms with Crippen molar-refractivity contribution in [2.45, 2.75) is 58.5 Å². The largest absolute Gasteiger partial charge is 0.317 e. The Kier molecular flexibility index (Phi) is 6.55. The van der Waals surface area contributed by atoms with E-state index in [1.54, 1.807) is 0 Å². The Balaban J connectivity index is 1.86. The van der Waals surface area contributed by atoms with Crippen molar-refractivity contribution in [1.82, 2.24) is 10.2 Å². The van der Waals surface area contributed by atoms with E-state index in [4.69, 9.17) is 0 Å². The van der Waals surface area contributed by atoms with Crippen LogP contribution in [0.3, 0.4) is 0 Å². The van der Waals surface area contributed by atoms with Gasteiger partial charge in [-0.3, -0.25) is 4.90 Å². The highest BCUT2D eigenvalue weighted by Gasteiger charge is 2.20. The summed E-state index contributed by atoms with van der Waals surface area (Å²) in [4.78, 5) is 2.68. The lowest BCUT2D eigenvalue weighted by molar-refractivity contribution is 0.136. The Hall–Kier alpha value is -0.860. The molecule has 0 aliphatic carbocycles. The SMILES string of the molecule is CCNCCc1ccc(CN2CCCCC2CC)cc1. The number of nitrogens with one attached hydrogen (secondary N) is 1. The van der Waals surface area contributed by atoms with Gasteiger partial charge < -0.3 is 5.32 Å². The van der Waals surface area contributed by atoms with E-state index in [0.29, 0.717) is 0 Å².